The highest BCUT2D eigenvalue weighted by Crippen LogP contribution is 2.10. The van der Waals surface area contributed by atoms with Gasteiger partial charge in [-0.05, 0) is 18.0 Å². The molecule has 2 aromatic rings. The Morgan fingerprint density at radius 2 is 2.25 bits per heavy atom. The van der Waals surface area contributed by atoms with E-state index in [0.29, 0.717) is 6.61 Å². The van der Waals surface area contributed by atoms with E-state index >= 15 is 0 Å². The van der Waals surface area contributed by atoms with E-state index in [1.54, 1.807) is 0 Å². The molecule has 0 aromatic carbocycles. The van der Waals surface area contributed by atoms with E-state index in [0.717, 1.165) is 6.42 Å². The van der Waals surface area contributed by atoms with Gasteiger partial charge < -0.3 is 4.74 Å². The maximum atomic E-state index is 5.74. The molecule has 8 heteroatoms. The Morgan fingerprint density at radius 3 is 2.94 bits per heavy atom. The quantitative estimate of drug-likeness (QED) is 0.790. The van der Waals surface area contributed by atoms with Crippen LogP contribution in [0.2, 0.25) is 5.28 Å². The maximum Gasteiger partial charge on any atom is 0.322 e. The molecule has 2 rings (SSSR count). The highest BCUT2D eigenvalue weighted by Gasteiger charge is 2.07. The summed E-state index contributed by atoms with van der Waals surface area (Å²) in [5.41, 5.74) is 0. The maximum absolute atomic E-state index is 5.74. The van der Waals surface area contributed by atoms with Crippen molar-refractivity contribution in [3.05, 3.63) is 17.9 Å². The van der Waals surface area contributed by atoms with Gasteiger partial charge in [-0.1, -0.05) is 6.92 Å². The summed E-state index contributed by atoms with van der Waals surface area (Å²) in [7, 11) is 0. The summed E-state index contributed by atoms with van der Waals surface area (Å²) in [5.74, 6) is 0.281. The first-order chi connectivity index (χ1) is 7.79. The standard InChI is InChI=1S/C8H9ClN6O/c1-2-3-16-8-13-6(9)12-7(14-8)15-5-10-4-11-15/h4-5H,2-3H2,1H3. The molecule has 0 saturated heterocycles. The molecule has 0 N–H and O–H groups in total. The molecule has 0 radical (unpaired) electrons. The highest BCUT2D eigenvalue weighted by atomic mass is 35.5. The van der Waals surface area contributed by atoms with Crippen LogP contribution >= 0.6 is 11.6 Å². The Kier molecular flexibility index (Phi) is 3.25. The summed E-state index contributed by atoms with van der Waals surface area (Å²) in [5, 5.41) is 3.95. The molecule has 0 amide bonds. The molecule has 16 heavy (non-hydrogen) atoms. The molecule has 0 spiro atoms. The van der Waals surface area contributed by atoms with Crippen molar-refractivity contribution in [2.75, 3.05) is 6.61 Å². The topological polar surface area (TPSA) is 78.6 Å². The molecule has 2 heterocycles. The first-order valence-corrected chi connectivity index (χ1v) is 5.06. The summed E-state index contributed by atoms with van der Waals surface area (Å²) in [4.78, 5) is 15.6. The van der Waals surface area contributed by atoms with E-state index in [-0.39, 0.29) is 17.2 Å². The molecule has 0 aliphatic carbocycles. The lowest BCUT2D eigenvalue weighted by Gasteiger charge is -2.04. The first-order valence-electron chi connectivity index (χ1n) is 4.69. The van der Waals surface area contributed by atoms with E-state index in [1.807, 2.05) is 6.92 Å². The van der Waals surface area contributed by atoms with E-state index in [2.05, 4.69) is 25.0 Å². The minimum Gasteiger partial charge on any atom is -0.463 e. The Hall–Kier alpha value is -1.76. The molecule has 7 nitrogen and oxygen atoms in total. The molecule has 0 bridgehead atoms. The van der Waals surface area contributed by atoms with Gasteiger partial charge in [0.05, 0.1) is 6.61 Å². The molecule has 0 unspecified atom stereocenters. The van der Waals surface area contributed by atoms with Crippen molar-refractivity contribution < 1.29 is 4.74 Å². The van der Waals surface area contributed by atoms with Crippen molar-refractivity contribution in [2.45, 2.75) is 13.3 Å². The fourth-order valence-electron chi connectivity index (χ4n) is 0.994. The fraction of sp³-hybridized carbons (Fsp3) is 0.375. The predicted molar refractivity (Wildman–Crippen MR) is 55.5 cm³/mol. The number of rotatable bonds is 4. The summed E-state index contributed by atoms with van der Waals surface area (Å²) in [6.45, 7) is 2.51. The van der Waals surface area contributed by atoms with Crippen LogP contribution in [0.4, 0.5) is 0 Å². The number of hydrogen-bond donors (Lipinski definition) is 0. The number of aromatic nitrogens is 6. The van der Waals surface area contributed by atoms with Crippen molar-refractivity contribution in [3.63, 3.8) is 0 Å². The summed E-state index contributed by atoms with van der Waals surface area (Å²) in [6, 6.07) is 0.187. The van der Waals surface area contributed by atoms with E-state index < -0.39 is 0 Å². The van der Waals surface area contributed by atoms with Gasteiger partial charge in [0.2, 0.25) is 5.28 Å². The summed E-state index contributed by atoms with van der Waals surface area (Å²) >= 11 is 5.74. The monoisotopic (exact) mass is 240 g/mol. The predicted octanol–water partition coefficient (Wildman–Crippen LogP) is 0.894. The molecule has 0 fully saturated rings. The lowest BCUT2D eigenvalue weighted by Crippen LogP contribution is -2.07. The van der Waals surface area contributed by atoms with Gasteiger partial charge in [0.1, 0.15) is 12.7 Å². The lowest BCUT2D eigenvalue weighted by atomic mass is 10.5. The second-order valence-electron chi connectivity index (χ2n) is 2.88. The first kappa shape index (κ1) is 10.7. The molecule has 0 aliphatic rings. The van der Waals surface area contributed by atoms with E-state index in [1.165, 1.54) is 17.3 Å². The zero-order chi connectivity index (χ0) is 11.4. The third-order valence-corrected chi connectivity index (χ3v) is 1.80. The second kappa shape index (κ2) is 4.84. The number of hydrogen-bond acceptors (Lipinski definition) is 6. The van der Waals surface area contributed by atoms with Crippen LogP contribution in [0.25, 0.3) is 5.95 Å². The smallest absolute Gasteiger partial charge is 0.322 e. The van der Waals surface area contributed by atoms with Crippen molar-refractivity contribution >= 4 is 11.6 Å². The van der Waals surface area contributed by atoms with Gasteiger partial charge in [0.25, 0.3) is 5.95 Å². The fourth-order valence-corrected chi connectivity index (χ4v) is 1.14. The zero-order valence-corrected chi connectivity index (χ0v) is 9.29. The van der Waals surface area contributed by atoms with Gasteiger partial charge in [-0.15, -0.1) is 0 Å². The van der Waals surface area contributed by atoms with Crippen LogP contribution in [-0.4, -0.2) is 36.3 Å². The van der Waals surface area contributed by atoms with Crippen LogP contribution in [0.15, 0.2) is 12.7 Å². The largest absolute Gasteiger partial charge is 0.463 e. The average Bonchev–Trinajstić information content (AvgIpc) is 2.79. The molecule has 0 saturated carbocycles. The normalized spacial score (nSPS) is 10.4. The summed E-state index contributed by atoms with van der Waals surface area (Å²) in [6.07, 6.45) is 3.71. The zero-order valence-electron chi connectivity index (χ0n) is 8.54. The van der Waals surface area contributed by atoms with Crippen LogP contribution < -0.4 is 4.74 Å². The Morgan fingerprint density at radius 1 is 1.38 bits per heavy atom. The number of halogens is 1. The minimum atomic E-state index is 0.0617. The van der Waals surface area contributed by atoms with Crippen molar-refractivity contribution in [2.24, 2.45) is 0 Å². The SMILES string of the molecule is CCCOc1nc(Cl)nc(-n2cncn2)n1. The Bertz CT molecular complexity index is 460. The third kappa shape index (κ3) is 2.43. The summed E-state index contributed by atoms with van der Waals surface area (Å²) < 4.78 is 6.65. The van der Waals surface area contributed by atoms with Gasteiger partial charge in [-0.25, -0.2) is 4.98 Å². The Balaban J connectivity index is 2.29. The van der Waals surface area contributed by atoms with Crippen LogP contribution in [-0.2, 0) is 0 Å². The Labute approximate surface area is 96.5 Å². The third-order valence-electron chi connectivity index (χ3n) is 1.63. The van der Waals surface area contributed by atoms with Gasteiger partial charge in [0.15, 0.2) is 0 Å². The van der Waals surface area contributed by atoms with Crippen LogP contribution in [0, 0.1) is 0 Å². The highest BCUT2D eigenvalue weighted by molar-refractivity contribution is 6.28. The van der Waals surface area contributed by atoms with Gasteiger partial charge in [-0.3, -0.25) is 0 Å². The molecule has 84 valence electrons. The van der Waals surface area contributed by atoms with Crippen LogP contribution in [0.5, 0.6) is 6.01 Å². The minimum absolute atomic E-state index is 0.0617. The lowest BCUT2D eigenvalue weighted by molar-refractivity contribution is 0.290. The van der Waals surface area contributed by atoms with Gasteiger partial charge >= 0.3 is 6.01 Å². The van der Waals surface area contributed by atoms with Crippen LogP contribution in [0.1, 0.15) is 13.3 Å². The second-order valence-corrected chi connectivity index (χ2v) is 3.21. The van der Waals surface area contributed by atoms with Gasteiger partial charge in [-0.2, -0.15) is 24.7 Å². The van der Waals surface area contributed by atoms with E-state index in [4.69, 9.17) is 16.3 Å². The average molecular weight is 241 g/mol. The molecule has 0 atom stereocenters. The molecule has 0 aliphatic heterocycles. The van der Waals surface area contributed by atoms with Crippen molar-refractivity contribution in [1.82, 2.24) is 29.7 Å². The van der Waals surface area contributed by atoms with Crippen molar-refractivity contribution in [3.8, 4) is 12.0 Å². The molecular weight excluding hydrogens is 232 g/mol. The van der Waals surface area contributed by atoms with Gasteiger partial charge in [0, 0.05) is 0 Å². The molecule has 2 aromatic heterocycles. The molecular formula is C8H9ClN6O. The van der Waals surface area contributed by atoms with E-state index in [9.17, 15) is 0 Å². The van der Waals surface area contributed by atoms with Crippen molar-refractivity contribution in [1.29, 1.82) is 0 Å². The van der Waals surface area contributed by atoms with Crippen LogP contribution in [0.3, 0.4) is 0 Å². The number of ether oxygens (including phenoxy) is 1. The number of nitrogens with zero attached hydrogens (tertiary/aromatic N) is 6.